The van der Waals surface area contributed by atoms with Gasteiger partial charge in [0.05, 0.1) is 18.6 Å². The van der Waals surface area contributed by atoms with Crippen LogP contribution < -0.4 is 10.2 Å². The molecule has 153 valence electrons. The van der Waals surface area contributed by atoms with Gasteiger partial charge in [-0.1, -0.05) is 58.9 Å². The number of carbonyl (C=O) groups is 1. The predicted octanol–water partition coefficient (Wildman–Crippen LogP) is 4.25. The van der Waals surface area contributed by atoms with Crippen molar-refractivity contribution in [1.29, 1.82) is 0 Å². The average molecular weight is 464 g/mol. The Morgan fingerprint density at radius 1 is 1.23 bits per heavy atom. The molecule has 2 heterocycles. The summed E-state index contributed by atoms with van der Waals surface area (Å²) < 4.78 is 2.74. The number of rotatable bonds is 6. The lowest BCUT2D eigenvalue weighted by molar-refractivity contribution is -0.121. The average Bonchev–Trinajstić information content (AvgIpc) is 3.17. The molecule has 0 spiro atoms. The first-order chi connectivity index (χ1) is 14.5. The van der Waals surface area contributed by atoms with Gasteiger partial charge in [0.1, 0.15) is 6.04 Å². The number of nitrogens with one attached hydrogen (secondary N) is 1. The predicted molar refractivity (Wildman–Crippen MR) is 124 cm³/mol. The van der Waals surface area contributed by atoms with Crippen LogP contribution >= 0.6 is 15.9 Å². The first-order valence-corrected chi connectivity index (χ1v) is 10.7. The van der Waals surface area contributed by atoms with Gasteiger partial charge in [0.2, 0.25) is 5.91 Å². The lowest BCUT2D eigenvalue weighted by atomic mass is 9.92. The van der Waals surface area contributed by atoms with E-state index in [-0.39, 0.29) is 11.9 Å². The number of halogens is 1. The fourth-order valence-electron chi connectivity index (χ4n) is 3.79. The number of benzene rings is 2. The van der Waals surface area contributed by atoms with Crippen LogP contribution in [0.5, 0.6) is 0 Å². The van der Waals surface area contributed by atoms with Crippen LogP contribution in [0.15, 0.2) is 72.1 Å². The molecule has 4 rings (SSSR count). The second-order valence-electron chi connectivity index (χ2n) is 7.45. The molecule has 1 atom stereocenters. The van der Waals surface area contributed by atoms with Crippen molar-refractivity contribution in [3.05, 3.63) is 89.8 Å². The molecule has 1 unspecified atom stereocenters. The van der Waals surface area contributed by atoms with Crippen LogP contribution in [-0.2, 0) is 24.8 Å². The molecule has 1 aromatic heterocycles. The number of carbonyl (C=O) groups excluding carboxylic acids is 1. The van der Waals surface area contributed by atoms with Gasteiger partial charge in [0.15, 0.2) is 0 Å². The quantitative estimate of drug-likeness (QED) is 0.594. The Balaban J connectivity index is 1.67. The van der Waals surface area contributed by atoms with E-state index in [1.165, 1.54) is 16.7 Å². The summed E-state index contributed by atoms with van der Waals surface area (Å²) in [4.78, 5) is 19.3. The van der Waals surface area contributed by atoms with E-state index in [4.69, 9.17) is 0 Å². The van der Waals surface area contributed by atoms with E-state index < -0.39 is 0 Å². The monoisotopic (exact) mass is 463 g/mol. The molecule has 0 fully saturated rings. The Kier molecular flexibility index (Phi) is 6.04. The molecule has 0 saturated heterocycles. The summed E-state index contributed by atoms with van der Waals surface area (Å²) in [6.45, 7) is 4.81. The zero-order chi connectivity index (χ0) is 21.1. The van der Waals surface area contributed by atoms with E-state index in [1.54, 1.807) is 6.33 Å². The molecule has 6 heteroatoms. The van der Waals surface area contributed by atoms with Crippen molar-refractivity contribution in [2.45, 2.75) is 19.0 Å². The van der Waals surface area contributed by atoms with Gasteiger partial charge in [0, 0.05) is 30.0 Å². The molecule has 0 aliphatic carbocycles. The van der Waals surface area contributed by atoms with Crippen LogP contribution in [-0.4, -0.2) is 28.0 Å². The van der Waals surface area contributed by atoms with Crippen LogP contribution in [0.2, 0.25) is 0 Å². The zero-order valence-corrected chi connectivity index (χ0v) is 18.5. The highest BCUT2D eigenvalue weighted by atomic mass is 79.9. The van der Waals surface area contributed by atoms with Gasteiger partial charge in [-0.2, -0.15) is 0 Å². The number of fused-ring (bicyclic) bond motifs is 1. The Labute approximate surface area is 185 Å². The van der Waals surface area contributed by atoms with Crippen LogP contribution in [0, 0.1) is 6.42 Å². The van der Waals surface area contributed by atoms with Gasteiger partial charge in [-0.25, -0.2) is 4.98 Å². The maximum absolute atomic E-state index is 13.0. The number of amides is 1. The van der Waals surface area contributed by atoms with E-state index in [2.05, 4.69) is 74.5 Å². The van der Waals surface area contributed by atoms with E-state index >= 15 is 0 Å². The highest BCUT2D eigenvalue weighted by Gasteiger charge is 2.32. The summed E-state index contributed by atoms with van der Waals surface area (Å²) in [6, 6.07) is 16.5. The summed E-state index contributed by atoms with van der Waals surface area (Å²) >= 11 is 3.31. The van der Waals surface area contributed by atoms with E-state index in [0.29, 0.717) is 13.1 Å². The van der Waals surface area contributed by atoms with Gasteiger partial charge in [-0.05, 0) is 41.7 Å². The zero-order valence-electron chi connectivity index (χ0n) is 16.9. The van der Waals surface area contributed by atoms with Crippen molar-refractivity contribution in [2.75, 3.05) is 11.4 Å². The molecular weight excluding hydrogens is 440 g/mol. The van der Waals surface area contributed by atoms with Crippen molar-refractivity contribution in [3.8, 4) is 11.1 Å². The lowest BCUT2D eigenvalue weighted by Gasteiger charge is -2.38. The van der Waals surface area contributed by atoms with Gasteiger partial charge in [-0.3, -0.25) is 4.79 Å². The molecule has 0 bridgehead atoms. The minimum Gasteiger partial charge on any atom is -0.353 e. The second-order valence-corrected chi connectivity index (χ2v) is 8.57. The fraction of sp³-hybridized carbons (Fsp3) is 0.208. The Hall–Kier alpha value is -2.86. The molecule has 1 aliphatic heterocycles. The van der Waals surface area contributed by atoms with Crippen molar-refractivity contribution in [2.24, 2.45) is 7.05 Å². The molecule has 1 aliphatic rings. The third-order valence-corrected chi connectivity index (χ3v) is 5.65. The normalized spacial score (nSPS) is 15.5. The highest BCUT2D eigenvalue weighted by Crippen LogP contribution is 2.35. The van der Waals surface area contributed by atoms with Gasteiger partial charge >= 0.3 is 0 Å². The number of anilines is 1. The largest absolute Gasteiger partial charge is 0.353 e. The first kappa shape index (κ1) is 20.4. The van der Waals surface area contributed by atoms with Gasteiger partial charge in [-0.15, -0.1) is 0 Å². The standard InChI is InChI=1S/C24H24BrN4O/c1-17(25)13-27-24(30)23-11-9-20-12-19(18-6-4-3-5-7-18)8-10-22(20)29(23)15-21-14-26-16-28(21)2/h3-8,10-12,14,16,23H,1,9,13,15H2,2H3,(H,27,30). The third-order valence-electron chi connectivity index (χ3n) is 5.36. The van der Waals surface area contributed by atoms with E-state index in [1.807, 2.05) is 36.0 Å². The number of aromatic nitrogens is 2. The summed E-state index contributed by atoms with van der Waals surface area (Å²) in [5, 5.41) is 2.96. The molecular formula is C24H24BrN4O. The molecule has 1 amide bonds. The SMILES string of the molecule is C=C(Br)CNC(=O)C1[CH]Cc2cc(-c3ccccc3)ccc2N1Cc1cncn1C. The molecule has 2 aromatic carbocycles. The van der Waals surface area contributed by atoms with Crippen molar-refractivity contribution < 1.29 is 4.79 Å². The topological polar surface area (TPSA) is 50.2 Å². The van der Waals surface area contributed by atoms with Crippen molar-refractivity contribution >= 4 is 27.5 Å². The van der Waals surface area contributed by atoms with Crippen LogP contribution in [0.3, 0.4) is 0 Å². The number of aryl methyl sites for hydroxylation is 1. The van der Waals surface area contributed by atoms with Crippen LogP contribution in [0.1, 0.15) is 11.3 Å². The van der Waals surface area contributed by atoms with E-state index in [0.717, 1.165) is 22.3 Å². The minimum absolute atomic E-state index is 0.0319. The smallest absolute Gasteiger partial charge is 0.243 e. The Morgan fingerprint density at radius 3 is 2.73 bits per heavy atom. The molecule has 30 heavy (non-hydrogen) atoms. The third kappa shape index (κ3) is 4.33. The van der Waals surface area contributed by atoms with Gasteiger partial charge < -0.3 is 14.8 Å². The Morgan fingerprint density at radius 2 is 2.03 bits per heavy atom. The van der Waals surface area contributed by atoms with Crippen LogP contribution in [0.4, 0.5) is 5.69 Å². The maximum Gasteiger partial charge on any atom is 0.243 e. The minimum atomic E-state index is -0.359. The fourth-order valence-corrected chi connectivity index (χ4v) is 3.93. The molecule has 1 N–H and O–H groups in total. The van der Waals surface area contributed by atoms with Gasteiger partial charge in [0.25, 0.3) is 0 Å². The second kappa shape index (κ2) is 8.88. The molecule has 5 nitrogen and oxygen atoms in total. The summed E-state index contributed by atoms with van der Waals surface area (Å²) in [7, 11) is 1.97. The van der Waals surface area contributed by atoms with E-state index in [9.17, 15) is 4.79 Å². The summed E-state index contributed by atoms with van der Waals surface area (Å²) in [5.74, 6) is -0.0319. The molecule has 0 saturated carbocycles. The summed E-state index contributed by atoms with van der Waals surface area (Å²) in [5.41, 5.74) is 5.71. The highest BCUT2D eigenvalue weighted by molar-refractivity contribution is 9.11. The molecule has 1 radical (unpaired) electrons. The number of nitrogens with zero attached hydrogens (tertiary/aromatic N) is 3. The molecule has 3 aromatic rings. The number of imidazole rings is 1. The van der Waals surface area contributed by atoms with Crippen molar-refractivity contribution in [3.63, 3.8) is 0 Å². The first-order valence-electron chi connectivity index (χ1n) is 9.87. The Bertz CT molecular complexity index is 1060. The number of hydrogen-bond acceptors (Lipinski definition) is 3. The summed E-state index contributed by atoms with van der Waals surface area (Å²) in [6.07, 6.45) is 6.46. The van der Waals surface area contributed by atoms with Crippen molar-refractivity contribution in [1.82, 2.24) is 14.9 Å². The number of hydrogen-bond donors (Lipinski definition) is 1. The lowest BCUT2D eigenvalue weighted by Crippen LogP contribution is -2.50. The van der Waals surface area contributed by atoms with Crippen LogP contribution in [0.25, 0.3) is 11.1 Å². The maximum atomic E-state index is 13.0.